The van der Waals surface area contributed by atoms with Crippen molar-refractivity contribution in [3.05, 3.63) is 21.6 Å². The molecule has 1 aromatic carbocycles. The third-order valence-electron chi connectivity index (χ3n) is 3.01. The molecule has 0 aliphatic carbocycles. The van der Waals surface area contributed by atoms with Gasteiger partial charge in [0.2, 0.25) is 10.0 Å². The van der Waals surface area contributed by atoms with E-state index in [1.807, 2.05) is 0 Å². The number of sulfonamides is 1. The van der Waals surface area contributed by atoms with Gasteiger partial charge < -0.3 is 9.84 Å². The molecule has 1 rings (SSSR count). The molecule has 0 fully saturated rings. The minimum absolute atomic E-state index is 0.0516. The molecule has 21 heavy (non-hydrogen) atoms. The average molecular weight is 401 g/mol. The van der Waals surface area contributed by atoms with E-state index >= 15 is 0 Å². The smallest absolute Gasteiger partial charge is 0.324 e. The summed E-state index contributed by atoms with van der Waals surface area (Å²) in [6.07, 6.45) is 0.0750. The fraction of sp³-hybridized carbons (Fsp3) is 0.417. The number of hydrogen-bond donors (Lipinski definition) is 2. The standard InChI is InChI=1S/C12H15BrClNO5S/c1-4-12(2,11(16)17)15-21(18,19)9-6-7(14)5-8(13)10(9)20-3/h5-6,15H,4H2,1-3H3,(H,16,17). The Morgan fingerprint density at radius 2 is 2.10 bits per heavy atom. The molecule has 0 heterocycles. The van der Waals surface area contributed by atoms with E-state index in [1.54, 1.807) is 6.92 Å². The summed E-state index contributed by atoms with van der Waals surface area (Å²) in [6, 6.07) is 2.68. The van der Waals surface area contributed by atoms with Gasteiger partial charge in [0.1, 0.15) is 10.4 Å². The number of halogens is 2. The zero-order valence-corrected chi connectivity index (χ0v) is 14.8. The van der Waals surface area contributed by atoms with E-state index in [1.165, 1.54) is 26.2 Å². The summed E-state index contributed by atoms with van der Waals surface area (Å²) in [5.41, 5.74) is -1.63. The van der Waals surface area contributed by atoms with Crippen molar-refractivity contribution in [1.29, 1.82) is 0 Å². The topological polar surface area (TPSA) is 92.7 Å². The molecule has 1 atom stereocenters. The second kappa shape index (κ2) is 6.51. The Bertz CT molecular complexity index is 664. The Morgan fingerprint density at radius 1 is 1.52 bits per heavy atom. The van der Waals surface area contributed by atoms with Gasteiger partial charge >= 0.3 is 5.97 Å². The lowest BCUT2D eigenvalue weighted by Gasteiger charge is -2.25. The highest BCUT2D eigenvalue weighted by molar-refractivity contribution is 9.10. The van der Waals surface area contributed by atoms with Crippen molar-refractivity contribution in [2.45, 2.75) is 30.7 Å². The zero-order valence-electron chi connectivity index (χ0n) is 11.6. The van der Waals surface area contributed by atoms with Gasteiger partial charge in [-0.3, -0.25) is 4.79 Å². The number of benzene rings is 1. The highest BCUT2D eigenvalue weighted by atomic mass is 79.9. The maximum atomic E-state index is 12.5. The van der Waals surface area contributed by atoms with Crippen LogP contribution in [0.15, 0.2) is 21.5 Å². The molecule has 0 bridgehead atoms. The molecule has 0 aliphatic heterocycles. The maximum Gasteiger partial charge on any atom is 0.324 e. The van der Waals surface area contributed by atoms with E-state index in [4.69, 9.17) is 16.3 Å². The molecule has 0 aromatic heterocycles. The lowest BCUT2D eigenvalue weighted by molar-refractivity contribution is -0.143. The number of aliphatic carboxylic acids is 1. The Morgan fingerprint density at radius 3 is 2.52 bits per heavy atom. The Hall–Kier alpha value is -0.830. The fourth-order valence-corrected chi connectivity index (χ4v) is 4.38. The van der Waals surface area contributed by atoms with Gasteiger partial charge in [0.15, 0.2) is 5.75 Å². The van der Waals surface area contributed by atoms with Crippen molar-refractivity contribution in [1.82, 2.24) is 4.72 Å². The Kier molecular flexibility index (Phi) is 5.65. The zero-order chi connectivity index (χ0) is 16.4. The van der Waals surface area contributed by atoms with Gasteiger partial charge in [-0.1, -0.05) is 18.5 Å². The second-order valence-corrected chi connectivity index (χ2v) is 7.46. The van der Waals surface area contributed by atoms with Crippen LogP contribution in [-0.4, -0.2) is 32.1 Å². The van der Waals surface area contributed by atoms with Crippen LogP contribution in [0.1, 0.15) is 20.3 Å². The number of ether oxygens (including phenoxy) is 1. The summed E-state index contributed by atoms with van der Waals surface area (Å²) in [5.74, 6) is -1.22. The van der Waals surface area contributed by atoms with Gasteiger partial charge in [0.25, 0.3) is 0 Å². The van der Waals surface area contributed by atoms with Crippen LogP contribution < -0.4 is 9.46 Å². The van der Waals surface area contributed by atoms with Crippen LogP contribution in [0.3, 0.4) is 0 Å². The van der Waals surface area contributed by atoms with E-state index in [0.717, 1.165) is 0 Å². The number of nitrogens with one attached hydrogen (secondary N) is 1. The van der Waals surface area contributed by atoms with Crippen LogP contribution in [0.25, 0.3) is 0 Å². The summed E-state index contributed by atoms with van der Waals surface area (Å²) in [7, 11) is -2.82. The fourth-order valence-electron chi connectivity index (χ4n) is 1.55. The second-order valence-electron chi connectivity index (χ2n) is 4.52. The van der Waals surface area contributed by atoms with Crippen LogP contribution in [0.5, 0.6) is 5.75 Å². The highest BCUT2D eigenvalue weighted by Gasteiger charge is 2.37. The summed E-state index contributed by atoms with van der Waals surface area (Å²) in [4.78, 5) is 11.0. The average Bonchev–Trinajstić information content (AvgIpc) is 2.37. The van der Waals surface area contributed by atoms with E-state index in [2.05, 4.69) is 20.7 Å². The van der Waals surface area contributed by atoms with Gasteiger partial charge in [0, 0.05) is 5.02 Å². The molecule has 1 unspecified atom stereocenters. The molecule has 1 aromatic rings. The molecule has 6 nitrogen and oxygen atoms in total. The lowest BCUT2D eigenvalue weighted by Crippen LogP contribution is -2.51. The minimum Gasteiger partial charge on any atom is -0.494 e. The van der Waals surface area contributed by atoms with E-state index in [-0.39, 0.29) is 22.1 Å². The van der Waals surface area contributed by atoms with Crippen LogP contribution in [-0.2, 0) is 14.8 Å². The van der Waals surface area contributed by atoms with Crippen molar-refractivity contribution in [3.63, 3.8) is 0 Å². The first-order valence-electron chi connectivity index (χ1n) is 5.88. The van der Waals surface area contributed by atoms with Crippen molar-refractivity contribution < 1.29 is 23.1 Å². The van der Waals surface area contributed by atoms with E-state index < -0.39 is 21.5 Å². The molecule has 2 N–H and O–H groups in total. The van der Waals surface area contributed by atoms with Gasteiger partial charge in [-0.15, -0.1) is 0 Å². The predicted molar refractivity (Wildman–Crippen MR) is 82.4 cm³/mol. The summed E-state index contributed by atoms with van der Waals surface area (Å²) < 4.78 is 32.5. The molecule has 0 radical (unpaired) electrons. The third kappa shape index (κ3) is 3.88. The SMILES string of the molecule is CCC(C)(NS(=O)(=O)c1cc(Cl)cc(Br)c1OC)C(=O)O. The van der Waals surface area contributed by atoms with Crippen molar-refractivity contribution in [2.24, 2.45) is 0 Å². The molecule has 0 saturated carbocycles. The van der Waals surface area contributed by atoms with Crippen molar-refractivity contribution in [3.8, 4) is 5.75 Å². The third-order valence-corrected chi connectivity index (χ3v) is 5.42. The number of carboxylic acid groups (broad SMARTS) is 1. The van der Waals surface area contributed by atoms with Crippen LogP contribution in [0, 0.1) is 0 Å². The molecule has 0 saturated heterocycles. The normalized spacial score (nSPS) is 14.5. The maximum absolute atomic E-state index is 12.5. The first-order valence-corrected chi connectivity index (χ1v) is 8.53. The van der Waals surface area contributed by atoms with Crippen LogP contribution >= 0.6 is 27.5 Å². The first kappa shape index (κ1) is 18.2. The van der Waals surface area contributed by atoms with E-state index in [9.17, 15) is 18.3 Å². The van der Waals surface area contributed by atoms with Crippen LogP contribution in [0.4, 0.5) is 0 Å². The Labute approximate surface area is 136 Å². The van der Waals surface area contributed by atoms with Crippen molar-refractivity contribution in [2.75, 3.05) is 7.11 Å². The van der Waals surface area contributed by atoms with Gasteiger partial charge in [-0.2, -0.15) is 4.72 Å². The van der Waals surface area contributed by atoms with Crippen molar-refractivity contribution >= 4 is 43.5 Å². The van der Waals surface area contributed by atoms with E-state index in [0.29, 0.717) is 4.47 Å². The highest BCUT2D eigenvalue weighted by Crippen LogP contribution is 2.35. The first-order chi connectivity index (χ1) is 9.57. The minimum atomic E-state index is -4.13. The molecule has 0 aliphatic rings. The number of hydrogen-bond acceptors (Lipinski definition) is 4. The van der Waals surface area contributed by atoms with Gasteiger partial charge in [-0.25, -0.2) is 8.42 Å². The molecule has 0 spiro atoms. The Balaban J connectivity index is 3.42. The van der Waals surface area contributed by atoms with Gasteiger partial charge in [0.05, 0.1) is 11.6 Å². The van der Waals surface area contributed by atoms with Crippen LogP contribution in [0.2, 0.25) is 5.02 Å². The molecule has 0 amide bonds. The molecular weight excluding hydrogens is 386 g/mol. The number of carboxylic acids is 1. The summed E-state index contributed by atoms with van der Waals surface area (Å²) in [5, 5.41) is 9.36. The largest absolute Gasteiger partial charge is 0.494 e. The quantitative estimate of drug-likeness (QED) is 0.766. The predicted octanol–water partition coefficient (Wildman–Crippen LogP) is 2.64. The summed E-state index contributed by atoms with van der Waals surface area (Å²) >= 11 is 9.02. The number of carbonyl (C=O) groups is 1. The molecular formula is C12H15BrClNO5S. The van der Waals surface area contributed by atoms with Gasteiger partial charge in [-0.05, 0) is 41.4 Å². The monoisotopic (exact) mass is 399 g/mol. The molecule has 9 heteroatoms. The number of rotatable bonds is 6. The molecule has 118 valence electrons. The summed E-state index contributed by atoms with van der Waals surface area (Å²) in [6.45, 7) is 2.86. The number of methoxy groups -OCH3 is 1. The lowest BCUT2D eigenvalue weighted by atomic mass is 10.0.